The van der Waals surface area contributed by atoms with Gasteiger partial charge < -0.3 is 15.5 Å². The van der Waals surface area contributed by atoms with Crippen LogP contribution in [-0.2, 0) is 17.8 Å². The predicted molar refractivity (Wildman–Crippen MR) is 124 cm³/mol. The monoisotopic (exact) mass is 458 g/mol. The smallest absolute Gasteiger partial charge is 0.330 e. The van der Waals surface area contributed by atoms with E-state index in [2.05, 4.69) is 9.97 Å². The molecular formula is C21H26N6O6. The van der Waals surface area contributed by atoms with E-state index in [-0.39, 0.29) is 54.2 Å². The predicted octanol–water partition coefficient (Wildman–Crippen LogP) is -0.155. The van der Waals surface area contributed by atoms with Crippen molar-refractivity contribution in [1.82, 2.24) is 19.1 Å². The number of carbonyl (C=O) groups excluding carboxylic acids is 1. The number of hydrogen-bond acceptors (Lipinski definition) is 7. The van der Waals surface area contributed by atoms with E-state index in [0.29, 0.717) is 6.42 Å². The Hall–Kier alpha value is -3.93. The lowest BCUT2D eigenvalue weighted by Crippen LogP contribution is -2.42. The zero-order chi connectivity index (χ0) is 24.3. The third kappa shape index (κ3) is 4.37. The van der Waals surface area contributed by atoms with Crippen LogP contribution in [0.25, 0.3) is 10.9 Å². The molecule has 0 aliphatic heterocycles. The molecule has 12 heteroatoms. The summed E-state index contributed by atoms with van der Waals surface area (Å²) in [7, 11) is 1.44. The van der Waals surface area contributed by atoms with Crippen molar-refractivity contribution in [1.29, 1.82) is 0 Å². The third-order valence-electron chi connectivity index (χ3n) is 5.24. The van der Waals surface area contributed by atoms with Crippen LogP contribution in [0, 0.1) is 0 Å². The van der Waals surface area contributed by atoms with E-state index in [0.717, 1.165) is 9.47 Å². The molecule has 1 amide bonds. The van der Waals surface area contributed by atoms with Crippen LogP contribution in [0.1, 0.15) is 30.6 Å². The summed E-state index contributed by atoms with van der Waals surface area (Å²) in [6.45, 7) is 4.02. The van der Waals surface area contributed by atoms with Gasteiger partial charge in [0.15, 0.2) is 5.69 Å². The van der Waals surface area contributed by atoms with E-state index in [1.54, 1.807) is 6.92 Å². The summed E-state index contributed by atoms with van der Waals surface area (Å²) >= 11 is 0. The molecule has 0 bridgehead atoms. The molecule has 0 spiro atoms. The van der Waals surface area contributed by atoms with Crippen LogP contribution < -0.4 is 33.1 Å². The van der Waals surface area contributed by atoms with Crippen molar-refractivity contribution in [3.8, 4) is 0 Å². The lowest BCUT2D eigenvalue weighted by molar-refractivity contribution is 0.0975. The average Bonchev–Trinajstić information content (AvgIpc) is 2.78. The summed E-state index contributed by atoms with van der Waals surface area (Å²) in [5.74, 6) is -0.761. The number of ether oxygens (including phenoxy) is 1. The van der Waals surface area contributed by atoms with E-state index in [1.807, 2.05) is 6.92 Å². The van der Waals surface area contributed by atoms with Crippen molar-refractivity contribution < 1.29 is 9.53 Å². The number of H-pyrrole nitrogens is 2. The number of methoxy groups -OCH3 is 1. The van der Waals surface area contributed by atoms with Crippen molar-refractivity contribution in [3.63, 3.8) is 0 Å². The number of nitrogens with zero attached hydrogens (tertiary/aromatic N) is 3. The molecule has 2 heterocycles. The number of hydrogen-bond donors (Lipinski definition) is 3. The maximum absolute atomic E-state index is 13.4. The summed E-state index contributed by atoms with van der Waals surface area (Å²) in [6.07, 6.45) is 0.578. The highest BCUT2D eigenvalue weighted by Gasteiger charge is 2.25. The van der Waals surface area contributed by atoms with Gasteiger partial charge in [0, 0.05) is 32.3 Å². The quantitative estimate of drug-likeness (QED) is 0.422. The van der Waals surface area contributed by atoms with Gasteiger partial charge in [-0.25, -0.2) is 9.59 Å². The molecule has 0 fully saturated rings. The first-order chi connectivity index (χ1) is 15.7. The molecule has 0 radical (unpaired) electrons. The van der Waals surface area contributed by atoms with Gasteiger partial charge in [0.2, 0.25) is 0 Å². The third-order valence-corrected chi connectivity index (χ3v) is 5.24. The standard InChI is InChI=1S/C21H26N6O6/c1-4-8-27-16(22)15(17(28)24-21(27)32)26(9-10-33-3)18(29)12-6-7-13-14(11-12)23-20(31)25(5-2)19(13)30/h6-7,11H,4-5,8-10,22H2,1-3H3,(H,23,31)(H,24,28,32). The van der Waals surface area contributed by atoms with Gasteiger partial charge in [0.1, 0.15) is 5.82 Å². The Balaban J connectivity index is 2.18. The molecule has 0 aliphatic rings. The van der Waals surface area contributed by atoms with Gasteiger partial charge in [0.05, 0.1) is 17.5 Å². The van der Waals surface area contributed by atoms with Crippen molar-refractivity contribution in [3.05, 3.63) is 65.4 Å². The summed E-state index contributed by atoms with van der Waals surface area (Å²) < 4.78 is 7.32. The summed E-state index contributed by atoms with van der Waals surface area (Å²) in [5, 5.41) is 0.241. The first-order valence-corrected chi connectivity index (χ1v) is 10.4. The zero-order valence-electron chi connectivity index (χ0n) is 18.6. The molecule has 176 valence electrons. The van der Waals surface area contributed by atoms with Gasteiger partial charge in [-0.05, 0) is 31.5 Å². The second kappa shape index (κ2) is 9.69. The number of fused-ring (bicyclic) bond motifs is 1. The number of nitrogens with one attached hydrogen (secondary N) is 2. The zero-order valence-corrected chi connectivity index (χ0v) is 18.6. The SMILES string of the molecule is CCCn1c(N)c(N(CCOC)C(=O)c2ccc3c(=O)n(CC)c(=O)[nH]c3c2)c(=O)[nH]c1=O. The number of aromatic nitrogens is 4. The minimum atomic E-state index is -0.811. The Labute approximate surface area is 187 Å². The van der Waals surface area contributed by atoms with E-state index in [9.17, 15) is 24.0 Å². The Kier molecular flexibility index (Phi) is 6.97. The van der Waals surface area contributed by atoms with Crippen LogP contribution in [-0.4, -0.2) is 45.3 Å². The Morgan fingerprint density at radius 1 is 1.09 bits per heavy atom. The van der Waals surface area contributed by atoms with Crippen molar-refractivity contribution in [2.24, 2.45) is 0 Å². The van der Waals surface area contributed by atoms with Crippen molar-refractivity contribution >= 4 is 28.3 Å². The van der Waals surface area contributed by atoms with E-state index < -0.39 is 28.4 Å². The van der Waals surface area contributed by atoms with Gasteiger partial charge in [0.25, 0.3) is 17.0 Å². The van der Waals surface area contributed by atoms with Crippen LogP contribution in [0.2, 0.25) is 0 Å². The number of carbonyl (C=O) groups is 1. The largest absolute Gasteiger partial charge is 0.383 e. The molecule has 1 aromatic carbocycles. The van der Waals surface area contributed by atoms with E-state index >= 15 is 0 Å². The molecule has 4 N–H and O–H groups in total. The maximum Gasteiger partial charge on any atom is 0.330 e. The van der Waals surface area contributed by atoms with Crippen molar-refractivity contribution in [2.75, 3.05) is 30.9 Å². The van der Waals surface area contributed by atoms with Gasteiger partial charge in [-0.1, -0.05) is 6.92 Å². The van der Waals surface area contributed by atoms with Gasteiger partial charge >= 0.3 is 11.4 Å². The highest BCUT2D eigenvalue weighted by atomic mass is 16.5. The fraction of sp³-hybridized carbons (Fsp3) is 0.381. The molecule has 0 unspecified atom stereocenters. The maximum atomic E-state index is 13.4. The fourth-order valence-electron chi connectivity index (χ4n) is 3.61. The second-order valence-corrected chi connectivity index (χ2v) is 7.33. The van der Waals surface area contributed by atoms with Gasteiger partial charge in [-0.3, -0.25) is 33.4 Å². The molecule has 3 aromatic rings. The van der Waals surface area contributed by atoms with Crippen molar-refractivity contribution in [2.45, 2.75) is 33.4 Å². The number of anilines is 2. The molecule has 33 heavy (non-hydrogen) atoms. The molecule has 12 nitrogen and oxygen atoms in total. The Morgan fingerprint density at radius 3 is 2.42 bits per heavy atom. The highest BCUT2D eigenvalue weighted by molar-refractivity contribution is 6.08. The molecule has 2 aromatic heterocycles. The number of amides is 1. The fourth-order valence-corrected chi connectivity index (χ4v) is 3.61. The summed E-state index contributed by atoms with van der Waals surface area (Å²) in [5.41, 5.74) is 3.70. The molecule has 0 aliphatic carbocycles. The van der Waals surface area contributed by atoms with Crippen LogP contribution in [0.3, 0.4) is 0 Å². The first-order valence-electron chi connectivity index (χ1n) is 10.4. The van der Waals surface area contributed by atoms with Gasteiger partial charge in [-0.2, -0.15) is 0 Å². The lowest BCUT2D eigenvalue weighted by atomic mass is 10.1. The first kappa shape index (κ1) is 23.7. The number of nitrogens with two attached hydrogens (primary N) is 1. The normalized spacial score (nSPS) is 11.1. The molecule has 0 saturated carbocycles. The molecule has 0 atom stereocenters. The van der Waals surface area contributed by atoms with Crippen LogP contribution in [0.5, 0.6) is 0 Å². The number of benzene rings is 1. The molecule has 3 rings (SSSR count). The number of nitrogen functional groups attached to an aromatic ring is 1. The summed E-state index contributed by atoms with van der Waals surface area (Å²) in [6, 6.07) is 4.23. The molecular weight excluding hydrogens is 432 g/mol. The minimum Gasteiger partial charge on any atom is -0.383 e. The van der Waals surface area contributed by atoms with E-state index in [1.165, 1.54) is 29.9 Å². The minimum absolute atomic E-state index is 0.0288. The lowest BCUT2D eigenvalue weighted by Gasteiger charge is -2.24. The Bertz CT molecular complexity index is 1430. The second-order valence-electron chi connectivity index (χ2n) is 7.33. The molecule has 0 saturated heterocycles. The topological polar surface area (TPSA) is 165 Å². The van der Waals surface area contributed by atoms with Crippen LogP contribution in [0.15, 0.2) is 37.4 Å². The van der Waals surface area contributed by atoms with Crippen LogP contribution >= 0.6 is 0 Å². The number of aromatic amines is 2. The summed E-state index contributed by atoms with van der Waals surface area (Å²) in [4.78, 5) is 68.9. The van der Waals surface area contributed by atoms with Crippen LogP contribution in [0.4, 0.5) is 11.5 Å². The van der Waals surface area contributed by atoms with Gasteiger partial charge in [-0.15, -0.1) is 0 Å². The Morgan fingerprint density at radius 2 is 1.79 bits per heavy atom. The van der Waals surface area contributed by atoms with E-state index in [4.69, 9.17) is 10.5 Å². The average molecular weight is 458 g/mol. The number of rotatable bonds is 8. The highest BCUT2D eigenvalue weighted by Crippen LogP contribution is 2.20.